The molecule has 1 aromatic carbocycles. The summed E-state index contributed by atoms with van der Waals surface area (Å²) in [6.07, 6.45) is 0.435. The number of hydrogen-bond acceptors (Lipinski definition) is 2. The fourth-order valence-electron chi connectivity index (χ4n) is 2.00. The largest absolute Gasteiger partial charge is 0.481 e. The van der Waals surface area contributed by atoms with Gasteiger partial charge in [-0.3, -0.25) is 4.79 Å². The zero-order valence-corrected chi connectivity index (χ0v) is 11.3. The molecule has 1 aliphatic rings. The van der Waals surface area contributed by atoms with Crippen LogP contribution in [0.1, 0.15) is 49.0 Å². The summed E-state index contributed by atoms with van der Waals surface area (Å²) in [6, 6.07) is 3.90. The van der Waals surface area contributed by atoms with E-state index < -0.39 is 0 Å². The van der Waals surface area contributed by atoms with Crippen molar-refractivity contribution in [3.63, 3.8) is 0 Å². The van der Waals surface area contributed by atoms with Crippen LogP contribution in [0.15, 0.2) is 16.6 Å². The molecule has 1 heterocycles. The summed E-state index contributed by atoms with van der Waals surface area (Å²) in [7, 11) is 0. The predicted molar refractivity (Wildman–Crippen MR) is 67.3 cm³/mol. The molecule has 2 nitrogen and oxygen atoms in total. The van der Waals surface area contributed by atoms with Crippen LogP contribution in [0.3, 0.4) is 0 Å². The number of ketones is 1. The Kier molecular flexibility index (Phi) is 3.06. The molecule has 1 unspecified atom stereocenters. The van der Waals surface area contributed by atoms with Gasteiger partial charge in [0.25, 0.3) is 0 Å². The standard InChI is InChI=1S/C13H15BrO2/c1-4-11-12(15)10-6-8(14)5-9(7(2)3)13(10)16-11/h5-7,11H,4H2,1-3H3. The van der Waals surface area contributed by atoms with Crippen LogP contribution in [-0.2, 0) is 0 Å². The lowest BCUT2D eigenvalue weighted by molar-refractivity contribution is 0.0852. The lowest BCUT2D eigenvalue weighted by Crippen LogP contribution is -2.18. The number of Topliss-reactive ketones (excluding diaryl/α,β-unsaturated/α-hetero) is 1. The summed E-state index contributed by atoms with van der Waals surface area (Å²) in [5.41, 5.74) is 1.83. The SMILES string of the molecule is CCC1Oc2c(cc(Br)cc2C(C)C)C1=O. The lowest BCUT2D eigenvalue weighted by atomic mass is 9.98. The predicted octanol–water partition coefficient (Wildman–Crippen LogP) is 3.93. The van der Waals surface area contributed by atoms with E-state index in [1.807, 2.05) is 19.1 Å². The summed E-state index contributed by atoms with van der Waals surface area (Å²) in [6.45, 7) is 6.18. The van der Waals surface area contributed by atoms with E-state index in [9.17, 15) is 4.79 Å². The van der Waals surface area contributed by atoms with Gasteiger partial charge in [0.15, 0.2) is 6.10 Å². The van der Waals surface area contributed by atoms with E-state index in [-0.39, 0.29) is 11.9 Å². The minimum Gasteiger partial charge on any atom is -0.481 e. The summed E-state index contributed by atoms with van der Waals surface area (Å²) in [4.78, 5) is 12.0. The van der Waals surface area contributed by atoms with Crippen molar-refractivity contribution in [3.05, 3.63) is 27.7 Å². The highest BCUT2D eigenvalue weighted by atomic mass is 79.9. The highest BCUT2D eigenvalue weighted by Gasteiger charge is 2.33. The number of ether oxygens (including phenoxy) is 1. The Morgan fingerprint density at radius 1 is 1.44 bits per heavy atom. The van der Waals surface area contributed by atoms with Crippen LogP contribution in [0.25, 0.3) is 0 Å². The quantitative estimate of drug-likeness (QED) is 0.822. The number of carbonyl (C=O) groups excluding carboxylic acids is 1. The van der Waals surface area contributed by atoms with Crippen molar-refractivity contribution in [2.24, 2.45) is 0 Å². The van der Waals surface area contributed by atoms with Crippen LogP contribution in [0.2, 0.25) is 0 Å². The van der Waals surface area contributed by atoms with Crippen LogP contribution in [0.5, 0.6) is 5.75 Å². The molecule has 0 aromatic heterocycles. The molecule has 0 bridgehead atoms. The third kappa shape index (κ3) is 1.77. The summed E-state index contributed by atoms with van der Waals surface area (Å²) in [5.74, 6) is 1.26. The summed E-state index contributed by atoms with van der Waals surface area (Å²) in [5, 5.41) is 0. The molecule has 3 heteroatoms. The number of fused-ring (bicyclic) bond motifs is 1. The zero-order chi connectivity index (χ0) is 11.9. The Bertz CT molecular complexity index is 438. The maximum Gasteiger partial charge on any atom is 0.207 e. The van der Waals surface area contributed by atoms with Gasteiger partial charge in [0.2, 0.25) is 5.78 Å². The van der Waals surface area contributed by atoms with Crippen LogP contribution in [0.4, 0.5) is 0 Å². The second-order valence-corrected chi connectivity index (χ2v) is 5.32. The third-order valence-electron chi connectivity index (χ3n) is 2.89. The van der Waals surface area contributed by atoms with Gasteiger partial charge in [-0.15, -0.1) is 0 Å². The van der Waals surface area contributed by atoms with Gasteiger partial charge in [0.05, 0.1) is 5.56 Å². The molecule has 0 N–H and O–H groups in total. The number of benzene rings is 1. The molecular formula is C13H15BrO2. The second kappa shape index (κ2) is 4.21. The van der Waals surface area contributed by atoms with E-state index >= 15 is 0 Å². The van der Waals surface area contributed by atoms with Crippen molar-refractivity contribution < 1.29 is 9.53 Å². The molecule has 1 aromatic rings. The average molecular weight is 283 g/mol. The van der Waals surface area contributed by atoms with Gasteiger partial charge in [0.1, 0.15) is 5.75 Å². The van der Waals surface area contributed by atoms with E-state index in [2.05, 4.69) is 29.8 Å². The Hall–Kier alpha value is -0.830. The molecule has 0 saturated carbocycles. The summed E-state index contributed by atoms with van der Waals surface area (Å²) >= 11 is 3.45. The molecular weight excluding hydrogens is 268 g/mol. The van der Waals surface area contributed by atoms with Gasteiger partial charge >= 0.3 is 0 Å². The molecule has 0 fully saturated rings. The molecule has 0 saturated heterocycles. The second-order valence-electron chi connectivity index (χ2n) is 4.41. The minimum atomic E-state index is -0.290. The van der Waals surface area contributed by atoms with Crippen LogP contribution in [0, 0.1) is 0 Å². The molecule has 0 aliphatic carbocycles. The first kappa shape index (κ1) is 11.6. The number of hydrogen-bond donors (Lipinski definition) is 0. The molecule has 2 rings (SSSR count). The lowest BCUT2D eigenvalue weighted by Gasteiger charge is -2.12. The first-order chi connectivity index (χ1) is 7.54. The number of carbonyl (C=O) groups is 1. The highest BCUT2D eigenvalue weighted by molar-refractivity contribution is 9.10. The minimum absolute atomic E-state index is 0.112. The Morgan fingerprint density at radius 3 is 2.69 bits per heavy atom. The maximum absolute atomic E-state index is 12.0. The van der Waals surface area contributed by atoms with Gasteiger partial charge in [-0.05, 0) is 30.0 Å². The van der Waals surface area contributed by atoms with Crippen molar-refractivity contribution in [1.82, 2.24) is 0 Å². The molecule has 0 radical (unpaired) electrons. The van der Waals surface area contributed by atoms with E-state index in [0.717, 1.165) is 27.8 Å². The smallest absolute Gasteiger partial charge is 0.207 e. The molecule has 86 valence electrons. The van der Waals surface area contributed by atoms with Crippen molar-refractivity contribution >= 4 is 21.7 Å². The van der Waals surface area contributed by atoms with Gasteiger partial charge in [-0.25, -0.2) is 0 Å². The monoisotopic (exact) mass is 282 g/mol. The van der Waals surface area contributed by atoms with Gasteiger partial charge in [-0.2, -0.15) is 0 Å². The van der Waals surface area contributed by atoms with Crippen molar-refractivity contribution in [2.45, 2.75) is 39.2 Å². The number of rotatable bonds is 2. The molecule has 1 aliphatic heterocycles. The van der Waals surface area contributed by atoms with E-state index in [0.29, 0.717) is 5.92 Å². The van der Waals surface area contributed by atoms with E-state index in [4.69, 9.17) is 4.74 Å². The van der Waals surface area contributed by atoms with Gasteiger partial charge < -0.3 is 4.74 Å². The topological polar surface area (TPSA) is 26.3 Å². The zero-order valence-electron chi connectivity index (χ0n) is 9.71. The Balaban J connectivity index is 2.56. The molecule has 0 amide bonds. The Morgan fingerprint density at radius 2 is 2.12 bits per heavy atom. The maximum atomic E-state index is 12.0. The highest BCUT2D eigenvalue weighted by Crippen LogP contribution is 2.39. The first-order valence-electron chi connectivity index (χ1n) is 5.59. The molecule has 1 atom stereocenters. The van der Waals surface area contributed by atoms with Crippen LogP contribution >= 0.6 is 15.9 Å². The average Bonchev–Trinajstić information content (AvgIpc) is 2.55. The van der Waals surface area contributed by atoms with Gasteiger partial charge in [0, 0.05) is 4.47 Å². The molecule has 16 heavy (non-hydrogen) atoms. The Labute approximate surface area is 104 Å². The van der Waals surface area contributed by atoms with Gasteiger partial charge in [-0.1, -0.05) is 36.7 Å². The molecule has 0 spiro atoms. The fourth-order valence-corrected chi connectivity index (χ4v) is 2.47. The van der Waals surface area contributed by atoms with Crippen LogP contribution in [-0.4, -0.2) is 11.9 Å². The van der Waals surface area contributed by atoms with Crippen molar-refractivity contribution in [1.29, 1.82) is 0 Å². The number of halogens is 1. The first-order valence-corrected chi connectivity index (χ1v) is 6.38. The van der Waals surface area contributed by atoms with Crippen LogP contribution < -0.4 is 4.74 Å². The normalized spacial score (nSPS) is 18.8. The fraction of sp³-hybridized carbons (Fsp3) is 0.462. The van der Waals surface area contributed by atoms with Crippen molar-refractivity contribution in [2.75, 3.05) is 0 Å². The summed E-state index contributed by atoms with van der Waals surface area (Å²) < 4.78 is 6.69. The van der Waals surface area contributed by atoms with Crippen molar-refractivity contribution in [3.8, 4) is 5.75 Å². The van der Waals surface area contributed by atoms with E-state index in [1.165, 1.54) is 0 Å². The van der Waals surface area contributed by atoms with E-state index in [1.54, 1.807) is 0 Å². The third-order valence-corrected chi connectivity index (χ3v) is 3.35.